The van der Waals surface area contributed by atoms with Crippen LogP contribution in [-0.2, 0) is 23.5 Å². The number of aromatic nitrogens is 2. The number of hydrogen-bond donors (Lipinski definition) is 0. The highest BCUT2D eigenvalue weighted by Crippen LogP contribution is 2.44. The second-order valence-corrected chi connectivity index (χ2v) is 9.52. The molecule has 0 fully saturated rings. The van der Waals surface area contributed by atoms with Crippen molar-refractivity contribution in [2.45, 2.75) is 47.6 Å². The Morgan fingerprint density at radius 2 is 2.00 bits per heavy atom. The summed E-state index contributed by atoms with van der Waals surface area (Å²) in [6.45, 7) is 11.0. The predicted octanol–water partition coefficient (Wildman–Crippen LogP) is 5.35. The largest absolute Gasteiger partial charge is 0.455 e. The molecule has 9 heteroatoms. The predicted molar refractivity (Wildman–Crippen MR) is 121 cm³/mol. The summed E-state index contributed by atoms with van der Waals surface area (Å²) in [5, 5.41) is 0.366. The van der Waals surface area contributed by atoms with Crippen molar-refractivity contribution in [3.63, 3.8) is 0 Å². The highest BCUT2D eigenvalue weighted by atomic mass is 32.2. The Hall–Kier alpha value is -2.78. The van der Waals surface area contributed by atoms with E-state index in [4.69, 9.17) is 4.74 Å². The lowest BCUT2D eigenvalue weighted by Gasteiger charge is -2.12. The van der Waals surface area contributed by atoms with E-state index in [1.807, 2.05) is 33.0 Å². The van der Waals surface area contributed by atoms with Crippen LogP contribution in [-0.4, -0.2) is 24.1 Å². The van der Waals surface area contributed by atoms with Gasteiger partial charge in [-0.05, 0) is 55.4 Å². The molecule has 2 aromatic heterocycles. The van der Waals surface area contributed by atoms with Gasteiger partial charge in [-0.1, -0.05) is 36.4 Å². The standard InChI is InChI=1S/C22H25N3O4S2/c1-13(2)10-19-15(4)20(21(30-19)29-22(26)24-31(27)28)17-6-7-18(14(3)11-17)12-25-9-8-23-16(25)5/h6-9,11,13H,10,12H2,1-5H3. The van der Waals surface area contributed by atoms with Crippen LogP contribution in [0.5, 0.6) is 5.06 Å². The third-order valence-corrected chi connectivity index (χ3v) is 6.52. The molecule has 0 bridgehead atoms. The quantitative estimate of drug-likeness (QED) is 0.496. The molecule has 2 heterocycles. The van der Waals surface area contributed by atoms with Crippen LogP contribution in [0.3, 0.4) is 0 Å². The first-order valence-electron chi connectivity index (χ1n) is 9.88. The Bertz CT molecular complexity index is 1250. The van der Waals surface area contributed by atoms with Gasteiger partial charge in [-0.15, -0.1) is 11.3 Å². The molecule has 0 unspecified atom stereocenters. The van der Waals surface area contributed by atoms with Gasteiger partial charge in [0.1, 0.15) is 5.82 Å². The average Bonchev–Trinajstić information content (AvgIpc) is 3.19. The van der Waals surface area contributed by atoms with Gasteiger partial charge in [0.2, 0.25) is 0 Å². The normalized spacial score (nSPS) is 11.0. The Morgan fingerprint density at radius 1 is 1.26 bits per heavy atom. The molecule has 7 nitrogen and oxygen atoms in total. The number of carbonyl (C=O) groups is 1. The van der Waals surface area contributed by atoms with Crippen LogP contribution in [0.1, 0.15) is 41.2 Å². The molecule has 31 heavy (non-hydrogen) atoms. The lowest BCUT2D eigenvalue weighted by atomic mass is 9.97. The fourth-order valence-electron chi connectivity index (χ4n) is 3.45. The number of amides is 1. The van der Waals surface area contributed by atoms with E-state index in [9.17, 15) is 13.2 Å². The highest BCUT2D eigenvalue weighted by Gasteiger charge is 2.21. The van der Waals surface area contributed by atoms with E-state index in [1.54, 1.807) is 6.20 Å². The zero-order chi connectivity index (χ0) is 22.7. The number of carbonyl (C=O) groups excluding carboxylic acids is 1. The summed E-state index contributed by atoms with van der Waals surface area (Å²) >= 11 is 1.36. The third kappa shape index (κ3) is 5.48. The number of thiophene rings is 1. The SMILES string of the molecule is Cc1cc(-c2c(OC(=O)N=S(=O)=O)sc(CC(C)C)c2C)ccc1Cn1ccnc1C. The van der Waals surface area contributed by atoms with E-state index in [-0.39, 0.29) is 0 Å². The van der Waals surface area contributed by atoms with Gasteiger partial charge < -0.3 is 9.30 Å². The molecule has 3 rings (SSSR count). The Kier molecular flexibility index (Phi) is 7.07. The zero-order valence-electron chi connectivity index (χ0n) is 18.2. The molecular weight excluding hydrogens is 434 g/mol. The molecule has 0 aliphatic carbocycles. The molecule has 0 aliphatic heterocycles. The molecule has 0 spiro atoms. The molecule has 164 valence electrons. The molecule has 0 saturated heterocycles. The van der Waals surface area contributed by atoms with Crippen molar-refractivity contribution < 1.29 is 17.9 Å². The van der Waals surface area contributed by atoms with E-state index in [0.29, 0.717) is 11.0 Å². The average molecular weight is 460 g/mol. The van der Waals surface area contributed by atoms with Gasteiger partial charge in [0, 0.05) is 29.4 Å². The van der Waals surface area contributed by atoms with Gasteiger partial charge in [-0.3, -0.25) is 0 Å². The van der Waals surface area contributed by atoms with Crippen LogP contribution in [0.2, 0.25) is 0 Å². The summed E-state index contributed by atoms with van der Waals surface area (Å²) < 4.78 is 31.8. The Morgan fingerprint density at radius 3 is 2.58 bits per heavy atom. The minimum absolute atomic E-state index is 0.366. The van der Waals surface area contributed by atoms with Gasteiger partial charge in [0.15, 0.2) is 5.06 Å². The van der Waals surface area contributed by atoms with Crippen molar-refractivity contribution in [2.75, 3.05) is 0 Å². The number of benzene rings is 1. The highest BCUT2D eigenvalue weighted by molar-refractivity contribution is 7.62. The second kappa shape index (κ2) is 9.57. The van der Waals surface area contributed by atoms with Crippen LogP contribution < -0.4 is 4.74 Å². The molecule has 0 N–H and O–H groups in total. The molecule has 3 aromatic rings. The maximum atomic E-state index is 11.9. The van der Waals surface area contributed by atoms with E-state index < -0.39 is 16.6 Å². The monoisotopic (exact) mass is 459 g/mol. The van der Waals surface area contributed by atoms with Gasteiger partial charge >= 0.3 is 16.6 Å². The minimum Gasteiger partial charge on any atom is -0.396 e. The van der Waals surface area contributed by atoms with E-state index >= 15 is 0 Å². The topological polar surface area (TPSA) is 90.6 Å². The molecule has 0 radical (unpaired) electrons. The number of nitrogens with zero attached hydrogens (tertiary/aromatic N) is 3. The maximum absolute atomic E-state index is 11.9. The summed E-state index contributed by atoms with van der Waals surface area (Å²) in [5.41, 5.74) is 5.01. The fourth-order valence-corrected chi connectivity index (χ4v) is 4.99. The van der Waals surface area contributed by atoms with Crippen molar-refractivity contribution in [3.05, 3.63) is 58.0 Å². The van der Waals surface area contributed by atoms with Crippen LogP contribution in [0, 0.1) is 26.7 Å². The summed E-state index contributed by atoms with van der Waals surface area (Å²) in [6.07, 6.45) is 3.42. The molecule has 1 amide bonds. The molecule has 1 aromatic carbocycles. The number of rotatable bonds is 6. The van der Waals surface area contributed by atoms with Crippen LogP contribution in [0.15, 0.2) is 35.0 Å². The minimum atomic E-state index is -2.86. The summed E-state index contributed by atoms with van der Waals surface area (Å²) in [4.78, 5) is 17.3. The lowest BCUT2D eigenvalue weighted by molar-refractivity contribution is 0.213. The first kappa shape index (κ1) is 22.9. The first-order chi connectivity index (χ1) is 14.7. The van der Waals surface area contributed by atoms with Crippen LogP contribution in [0.25, 0.3) is 11.1 Å². The maximum Gasteiger partial charge on any atom is 0.455 e. The van der Waals surface area contributed by atoms with Gasteiger partial charge in [-0.2, -0.15) is 8.42 Å². The number of aryl methyl sites for hydroxylation is 2. The van der Waals surface area contributed by atoms with E-state index in [0.717, 1.165) is 51.5 Å². The fraction of sp³-hybridized carbons (Fsp3) is 0.364. The third-order valence-electron chi connectivity index (χ3n) is 5.03. The van der Waals surface area contributed by atoms with Crippen molar-refractivity contribution in [1.29, 1.82) is 0 Å². The van der Waals surface area contributed by atoms with Crippen molar-refractivity contribution in [1.82, 2.24) is 9.55 Å². The molecular formula is C22H25N3O4S2. The zero-order valence-corrected chi connectivity index (χ0v) is 19.8. The molecule has 0 saturated carbocycles. The van der Waals surface area contributed by atoms with Crippen molar-refractivity contribution >= 4 is 27.9 Å². The van der Waals surface area contributed by atoms with Gasteiger partial charge in [0.25, 0.3) is 0 Å². The Balaban J connectivity index is 2.02. The summed E-state index contributed by atoms with van der Waals surface area (Å²) in [5.74, 6) is 1.37. The van der Waals surface area contributed by atoms with E-state index in [2.05, 4.69) is 39.9 Å². The van der Waals surface area contributed by atoms with Crippen LogP contribution in [0.4, 0.5) is 4.79 Å². The lowest BCUT2D eigenvalue weighted by Crippen LogP contribution is -2.03. The molecule has 0 atom stereocenters. The number of hydrogen-bond acceptors (Lipinski definition) is 6. The first-order valence-corrected chi connectivity index (χ1v) is 11.7. The summed E-state index contributed by atoms with van der Waals surface area (Å²) in [7, 11) is -2.86. The van der Waals surface area contributed by atoms with Crippen molar-refractivity contribution in [2.24, 2.45) is 10.3 Å². The van der Waals surface area contributed by atoms with E-state index in [1.165, 1.54) is 11.3 Å². The van der Waals surface area contributed by atoms with Crippen LogP contribution >= 0.6 is 11.3 Å². The van der Waals surface area contributed by atoms with Gasteiger partial charge in [-0.25, -0.2) is 9.78 Å². The van der Waals surface area contributed by atoms with Crippen molar-refractivity contribution in [3.8, 4) is 16.2 Å². The number of imidazole rings is 1. The Labute approximate surface area is 187 Å². The second-order valence-electron chi connectivity index (χ2n) is 7.83. The molecule has 0 aliphatic rings. The van der Waals surface area contributed by atoms with Gasteiger partial charge in [0.05, 0.1) is 0 Å². The summed E-state index contributed by atoms with van der Waals surface area (Å²) in [6, 6.07) is 6.13. The smallest absolute Gasteiger partial charge is 0.396 e. The number of ether oxygens (including phenoxy) is 1.